The minimum absolute atomic E-state index is 0.0638. The van der Waals surface area contributed by atoms with E-state index in [-0.39, 0.29) is 31.1 Å². The molecule has 0 aliphatic carbocycles. The van der Waals surface area contributed by atoms with E-state index >= 15 is 0 Å². The maximum absolute atomic E-state index is 12.8. The highest BCUT2D eigenvalue weighted by Crippen LogP contribution is 2.17. The lowest BCUT2D eigenvalue weighted by Crippen LogP contribution is -2.30. The highest BCUT2D eigenvalue weighted by atomic mass is 16.6. The smallest absolute Gasteiger partial charge is 0.306 e. The van der Waals surface area contributed by atoms with Crippen LogP contribution in [0.15, 0.2) is 0 Å². The van der Waals surface area contributed by atoms with Gasteiger partial charge in [0.15, 0.2) is 6.10 Å². The normalized spacial score (nSPS) is 12.1. The summed E-state index contributed by atoms with van der Waals surface area (Å²) in [5.74, 6) is 0.802. The molecule has 0 saturated carbocycles. The van der Waals surface area contributed by atoms with Crippen molar-refractivity contribution in [1.82, 2.24) is 0 Å². The molecule has 0 bridgehead atoms. The van der Waals surface area contributed by atoms with E-state index in [4.69, 9.17) is 14.2 Å². The van der Waals surface area contributed by atoms with Gasteiger partial charge in [0.1, 0.15) is 13.2 Å². The van der Waals surface area contributed by atoms with Gasteiger partial charge in [0.05, 0.1) is 0 Å². The summed E-state index contributed by atoms with van der Waals surface area (Å²) in [5.41, 5.74) is 0. The summed E-state index contributed by atoms with van der Waals surface area (Å²) in [6.07, 6.45) is 45.2. The lowest BCUT2D eigenvalue weighted by Gasteiger charge is -2.18. The van der Waals surface area contributed by atoms with Crippen LogP contribution in [-0.2, 0) is 28.6 Å². The van der Waals surface area contributed by atoms with Crippen molar-refractivity contribution in [2.24, 2.45) is 11.8 Å². The van der Waals surface area contributed by atoms with Gasteiger partial charge in [-0.2, -0.15) is 0 Å². The SMILES string of the molecule is CCCCCCCCCCCCCC(=O)OC[C@H](COC(=O)CCCCCCCCCCCC(C)C)OC(=O)CCCCCCCCCCCCCCCCC(C)C. The van der Waals surface area contributed by atoms with E-state index in [0.29, 0.717) is 19.3 Å². The van der Waals surface area contributed by atoms with Crippen LogP contribution in [0, 0.1) is 11.8 Å². The molecular weight excluding hydrogens is 721 g/mol. The molecule has 0 fully saturated rings. The molecule has 344 valence electrons. The van der Waals surface area contributed by atoms with Gasteiger partial charge < -0.3 is 14.2 Å². The maximum Gasteiger partial charge on any atom is 0.306 e. The Morgan fingerprint density at radius 2 is 0.569 bits per heavy atom. The highest BCUT2D eigenvalue weighted by Gasteiger charge is 2.19. The molecular formula is C52H100O6. The van der Waals surface area contributed by atoms with Crippen molar-refractivity contribution in [3.8, 4) is 0 Å². The number of ether oxygens (including phenoxy) is 3. The van der Waals surface area contributed by atoms with E-state index < -0.39 is 6.10 Å². The summed E-state index contributed by atoms with van der Waals surface area (Å²) in [5, 5.41) is 0. The van der Waals surface area contributed by atoms with Gasteiger partial charge in [0.25, 0.3) is 0 Å². The van der Waals surface area contributed by atoms with E-state index in [1.807, 2.05) is 0 Å². The number of hydrogen-bond acceptors (Lipinski definition) is 6. The molecule has 0 aliphatic rings. The van der Waals surface area contributed by atoms with Gasteiger partial charge in [0.2, 0.25) is 0 Å². The topological polar surface area (TPSA) is 78.9 Å². The second-order valence-electron chi connectivity index (χ2n) is 18.8. The number of hydrogen-bond donors (Lipinski definition) is 0. The molecule has 0 aromatic carbocycles. The Bertz CT molecular complexity index is 885. The first-order valence-corrected chi connectivity index (χ1v) is 25.7. The van der Waals surface area contributed by atoms with Crippen molar-refractivity contribution in [3.63, 3.8) is 0 Å². The number of unbranched alkanes of at least 4 members (excludes halogenated alkanes) is 31. The van der Waals surface area contributed by atoms with Crippen LogP contribution in [0.4, 0.5) is 0 Å². The summed E-state index contributed by atoms with van der Waals surface area (Å²) >= 11 is 0. The fraction of sp³-hybridized carbons (Fsp3) is 0.942. The predicted molar refractivity (Wildman–Crippen MR) is 247 cm³/mol. The minimum Gasteiger partial charge on any atom is -0.462 e. The quantitative estimate of drug-likeness (QED) is 0.0346. The monoisotopic (exact) mass is 821 g/mol. The number of carbonyl (C=O) groups excluding carboxylic acids is 3. The van der Waals surface area contributed by atoms with Crippen LogP contribution in [0.2, 0.25) is 0 Å². The Morgan fingerprint density at radius 1 is 0.328 bits per heavy atom. The second-order valence-corrected chi connectivity index (χ2v) is 18.8. The highest BCUT2D eigenvalue weighted by molar-refractivity contribution is 5.71. The molecule has 0 spiro atoms. The largest absolute Gasteiger partial charge is 0.462 e. The Balaban J connectivity index is 4.29. The molecule has 6 heteroatoms. The third-order valence-corrected chi connectivity index (χ3v) is 11.7. The van der Waals surface area contributed by atoms with Gasteiger partial charge >= 0.3 is 17.9 Å². The van der Waals surface area contributed by atoms with Crippen LogP contribution in [0.5, 0.6) is 0 Å². The molecule has 0 unspecified atom stereocenters. The third-order valence-electron chi connectivity index (χ3n) is 11.7. The van der Waals surface area contributed by atoms with Crippen LogP contribution in [0.1, 0.15) is 285 Å². The molecule has 0 radical (unpaired) electrons. The molecule has 0 aliphatic heterocycles. The van der Waals surface area contributed by atoms with Gasteiger partial charge in [-0.25, -0.2) is 0 Å². The maximum atomic E-state index is 12.8. The Morgan fingerprint density at radius 3 is 0.845 bits per heavy atom. The van der Waals surface area contributed by atoms with Crippen LogP contribution in [-0.4, -0.2) is 37.2 Å². The molecule has 0 saturated heterocycles. The standard InChI is InChI=1S/C52H100O6/c1-6-7-8-9-10-11-16-22-27-32-37-42-50(53)56-45-49(46-57-51(54)43-38-33-28-24-19-21-26-31-36-41-48(4)5)58-52(55)44-39-34-29-23-18-15-13-12-14-17-20-25-30-35-40-47(2)3/h47-49H,6-46H2,1-5H3/t49-/m1/s1. The fourth-order valence-electron chi connectivity index (χ4n) is 7.81. The molecule has 6 nitrogen and oxygen atoms in total. The summed E-state index contributed by atoms with van der Waals surface area (Å²) in [6.45, 7) is 11.4. The first-order valence-electron chi connectivity index (χ1n) is 25.7. The van der Waals surface area contributed by atoms with Gasteiger partial charge in [-0.05, 0) is 31.1 Å². The summed E-state index contributed by atoms with van der Waals surface area (Å²) in [4.78, 5) is 37.9. The lowest BCUT2D eigenvalue weighted by molar-refractivity contribution is -0.167. The van der Waals surface area contributed by atoms with Crippen molar-refractivity contribution in [1.29, 1.82) is 0 Å². The molecule has 0 aromatic heterocycles. The van der Waals surface area contributed by atoms with Gasteiger partial charge in [0, 0.05) is 19.3 Å². The second kappa shape index (κ2) is 44.9. The predicted octanol–water partition coefficient (Wildman–Crippen LogP) is 16.5. The first-order chi connectivity index (χ1) is 28.2. The van der Waals surface area contributed by atoms with Gasteiger partial charge in [-0.1, -0.05) is 247 Å². The molecule has 0 heterocycles. The summed E-state index contributed by atoms with van der Waals surface area (Å²) < 4.78 is 16.8. The van der Waals surface area contributed by atoms with E-state index in [2.05, 4.69) is 34.6 Å². The van der Waals surface area contributed by atoms with Crippen molar-refractivity contribution in [2.75, 3.05) is 13.2 Å². The van der Waals surface area contributed by atoms with Gasteiger partial charge in [-0.15, -0.1) is 0 Å². The summed E-state index contributed by atoms with van der Waals surface area (Å²) in [7, 11) is 0. The Kier molecular flexibility index (Phi) is 43.7. The zero-order valence-corrected chi connectivity index (χ0v) is 39.7. The zero-order chi connectivity index (χ0) is 42.6. The summed E-state index contributed by atoms with van der Waals surface area (Å²) in [6, 6.07) is 0. The average molecular weight is 821 g/mol. The van der Waals surface area contributed by atoms with Crippen molar-refractivity contribution in [3.05, 3.63) is 0 Å². The van der Waals surface area contributed by atoms with E-state index in [0.717, 1.165) is 69.6 Å². The number of carbonyl (C=O) groups is 3. The van der Waals surface area contributed by atoms with E-state index in [9.17, 15) is 14.4 Å². The van der Waals surface area contributed by atoms with Crippen molar-refractivity contribution in [2.45, 2.75) is 291 Å². The average Bonchev–Trinajstić information content (AvgIpc) is 3.19. The molecule has 58 heavy (non-hydrogen) atoms. The first kappa shape index (κ1) is 56.4. The van der Waals surface area contributed by atoms with Crippen molar-refractivity contribution >= 4 is 17.9 Å². The van der Waals surface area contributed by atoms with E-state index in [1.54, 1.807) is 0 Å². The Hall–Kier alpha value is -1.59. The third kappa shape index (κ3) is 45.5. The van der Waals surface area contributed by atoms with Gasteiger partial charge in [-0.3, -0.25) is 14.4 Å². The van der Waals surface area contributed by atoms with E-state index in [1.165, 1.54) is 173 Å². The van der Waals surface area contributed by atoms with Crippen molar-refractivity contribution < 1.29 is 28.6 Å². The molecule has 0 amide bonds. The van der Waals surface area contributed by atoms with Crippen LogP contribution in [0.3, 0.4) is 0 Å². The Labute approximate surface area is 361 Å². The van der Waals surface area contributed by atoms with Crippen LogP contribution < -0.4 is 0 Å². The fourth-order valence-corrected chi connectivity index (χ4v) is 7.81. The number of rotatable bonds is 46. The number of esters is 3. The molecule has 0 aromatic rings. The van der Waals surface area contributed by atoms with Crippen LogP contribution >= 0.6 is 0 Å². The lowest BCUT2D eigenvalue weighted by atomic mass is 10.0. The molecule has 0 rings (SSSR count). The minimum atomic E-state index is -0.761. The molecule has 0 N–H and O–H groups in total. The zero-order valence-electron chi connectivity index (χ0n) is 39.7. The van der Waals surface area contributed by atoms with Crippen LogP contribution in [0.25, 0.3) is 0 Å². The molecule has 1 atom stereocenters.